The zero-order chi connectivity index (χ0) is 23.5. The number of H-pyrrole nitrogens is 1. The number of amides is 1. The number of nitrogens with zero attached hydrogens (tertiary/aromatic N) is 2. The molecule has 8 heteroatoms. The Labute approximate surface area is 191 Å². The molecule has 172 valence electrons. The van der Waals surface area contributed by atoms with Gasteiger partial charge in [-0.05, 0) is 42.3 Å². The first-order valence-electron chi connectivity index (χ1n) is 10.9. The zero-order valence-electron chi connectivity index (χ0n) is 19.2. The summed E-state index contributed by atoms with van der Waals surface area (Å²) in [7, 11) is 2.96. The van der Waals surface area contributed by atoms with E-state index in [4.69, 9.17) is 9.47 Å². The van der Waals surface area contributed by atoms with Crippen LogP contribution in [0.4, 0.5) is 0 Å². The third-order valence-electron chi connectivity index (χ3n) is 6.07. The van der Waals surface area contributed by atoms with E-state index in [9.17, 15) is 9.59 Å². The molecule has 1 amide bonds. The lowest BCUT2D eigenvalue weighted by molar-refractivity contribution is -0.146. The fraction of sp³-hybridized carbons (Fsp3) is 0.320. The summed E-state index contributed by atoms with van der Waals surface area (Å²) >= 11 is 0. The van der Waals surface area contributed by atoms with Crippen molar-refractivity contribution < 1.29 is 19.1 Å². The van der Waals surface area contributed by atoms with Gasteiger partial charge in [0.25, 0.3) is 0 Å². The number of carbonyl (C=O) groups is 2. The lowest BCUT2D eigenvalue weighted by Crippen LogP contribution is -2.46. The van der Waals surface area contributed by atoms with E-state index in [1.807, 2.05) is 61.0 Å². The van der Waals surface area contributed by atoms with Crippen LogP contribution >= 0.6 is 0 Å². The summed E-state index contributed by atoms with van der Waals surface area (Å²) in [5, 5.41) is 4.80. The molecule has 0 saturated heterocycles. The number of aromatic amines is 1. The summed E-state index contributed by atoms with van der Waals surface area (Å²) in [6.07, 6.45) is 4.42. The van der Waals surface area contributed by atoms with Crippen LogP contribution < -0.4 is 10.1 Å². The molecular weight excluding hydrogens is 420 g/mol. The van der Waals surface area contributed by atoms with Crippen molar-refractivity contribution >= 4 is 33.8 Å². The van der Waals surface area contributed by atoms with Crippen LogP contribution in [0.1, 0.15) is 20.3 Å². The summed E-state index contributed by atoms with van der Waals surface area (Å²) in [5.74, 6) is -0.0152. The molecule has 8 nitrogen and oxygen atoms in total. The van der Waals surface area contributed by atoms with E-state index in [-0.39, 0.29) is 18.4 Å². The first kappa shape index (κ1) is 22.4. The Morgan fingerprint density at radius 3 is 2.73 bits per heavy atom. The third-order valence-corrected chi connectivity index (χ3v) is 6.07. The smallest absolute Gasteiger partial charge is 0.328 e. The SMILES string of the molecule is CC[C@H](C)C(NC(=O)Cn1cc(-c2cc3cccnc3[nH]2)c2cc(OC)ccc21)C(=O)OC. The maximum atomic E-state index is 12.9. The highest BCUT2D eigenvalue weighted by Crippen LogP contribution is 2.34. The van der Waals surface area contributed by atoms with E-state index in [0.717, 1.165) is 45.4 Å². The molecule has 0 radical (unpaired) electrons. The van der Waals surface area contributed by atoms with Gasteiger partial charge in [-0.2, -0.15) is 0 Å². The predicted octanol–water partition coefficient (Wildman–Crippen LogP) is 3.90. The summed E-state index contributed by atoms with van der Waals surface area (Å²) < 4.78 is 12.2. The number of methoxy groups -OCH3 is 2. The fourth-order valence-electron chi connectivity index (χ4n) is 4.02. The second kappa shape index (κ2) is 9.36. The molecule has 1 aromatic carbocycles. The molecule has 3 heterocycles. The van der Waals surface area contributed by atoms with Gasteiger partial charge in [0.2, 0.25) is 5.91 Å². The molecule has 2 N–H and O–H groups in total. The van der Waals surface area contributed by atoms with Gasteiger partial charge in [-0.3, -0.25) is 4.79 Å². The second-order valence-corrected chi connectivity index (χ2v) is 8.13. The van der Waals surface area contributed by atoms with Crippen molar-refractivity contribution in [1.82, 2.24) is 19.9 Å². The Bertz CT molecular complexity index is 1270. The molecule has 4 aromatic rings. The number of hydrogen-bond acceptors (Lipinski definition) is 5. The topological polar surface area (TPSA) is 98.2 Å². The van der Waals surface area contributed by atoms with Crippen LogP contribution in [0.5, 0.6) is 5.75 Å². The summed E-state index contributed by atoms with van der Waals surface area (Å²) in [6.45, 7) is 3.95. The van der Waals surface area contributed by atoms with E-state index < -0.39 is 12.0 Å². The lowest BCUT2D eigenvalue weighted by atomic mass is 9.99. The van der Waals surface area contributed by atoms with Gasteiger partial charge in [-0.25, -0.2) is 9.78 Å². The van der Waals surface area contributed by atoms with Crippen molar-refractivity contribution in [3.63, 3.8) is 0 Å². The molecule has 0 fully saturated rings. The molecular formula is C25H28N4O4. The van der Waals surface area contributed by atoms with E-state index >= 15 is 0 Å². The Morgan fingerprint density at radius 1 is 1.21 bits per heavy atom. The van der Waals surface area contributed by atoms with Crippen LogP contribution in [0.25, 0.3) is 33.2 Å². The largest absolute Gasteiger partial charge is 0.497 e. The average molecular weight is 449 g/mol. The Balaban J connectivity index is 1.71. The number of ether oxygens (including phenoxy) is 2. The third kappa shape index (κ3) is 4.41. The number of carbonyl (C=O) groups excluding carboxylic acids is 2. The lowest BCUT2D eigenvalue weighted by Gasteiger charge is -2.22. The number of fused-ring (bicyclic) bond motifs is 2. The number of rotatable bonds is 8. The normalized spacial score (nSPS) is 13.1. The van der Waals surface area contributed by atoms with Crippen LogP contribution in [0.15, 0.2) is 48.8 Å². The highest BCUT2D eigenvalue weighted by Gasteiger charge is 2.27. The first-order valence-corrected chi connectivity index (χ1v) is 10.9. The first-order chi connectivity index (χ1) is 15.9. The predicted molar refractivity (Wildman–Crippen MR) is 127 cm³/mol. The van der Waals surface area contributed by atoms with Crippen LogP contribution in [0, 0.1) is 5.92 Å². The quantitative estimate of drug-likeness (QED) is 0.399. The average Bonchev–Trinajstić information content (AvgIpc) is 3.42. The van der Waals surface area contributed by atoms with Gasteiger partial charge in [0, 0.05) is 39.9 Å². The molecule has 0 spiro atoms. The minimum absolute atomic E-state index is 0.0403. The van der Waals surface area contributed by atoms with E-state index in [2.05, 4.69) is 15.3 Å². The number of esters is 1. The van der Waals surface area contributed by atoms with Crippen LogP contribution in [-0.4, -0.2) is 46.7 Å². The highest BCUT2D eigenvalue weighted by atomic mass is 16.5. The van der Waals surface area contributed by atoms with Crippen molar-refractivity contribution in [1.29, 1.82) is 0 Å². The maximum absolute atomic E-state index is 12.9. The molecule has 3 aromatic heterocycles. The van der Waals surface area contributed by atoms with E-state index in [1.165, 1.54) is 7.11 Å². The van der Waals surface area contributed by atoms with E-state index in [0.29, 0.717) is 0 Å². The van der Waals surface area contributed by atoms with Crippen molar-refractivity contribution in [2.45, 2.75) is 32.9 Å². The number of hydrogen-bond donors (Lipinski definition) is 2. The zero-order valence-corrected chi connectivity index (χ0v) is 19.2. The van der Waals surface area contributed by atoms with Crippen LogP contribution in [-0.2, 0) is 20.9 Å². The number of nitrogens with one attached hydrogen (secondary N) is 2. The Morgan fingerprint density at radius 2 is 2.03 bits per heavy atom. The van der Waals surface area contributed by atoms with Gasteiger partial charge in [0.1, 0.15) is 24.0 Å². The molecule has 0 aliphatic carbocycles. The van der Waals surface area contributed by atoms with Crippen molar-refractivity contribution in [2.24, 2.45) is 5.92 Å². The second-order valence-electron chi connectivity index (χ2n) is 8.13. The van der Waals surface area contributed by atoms with Crippen LogP contribution in [0.3, 0.4) is 0 Å². The van der Waals surface area contributed by atoms with Gasteiger partial charge in [-0.15, -0.1) is 0 Å². The molecule has 0 saturated carbocycles. The Hall–Kier alpha value is -3.81. The van der Waals surface area contributed by atoms with Gasteiger partial charge < -0.3 is 24.3 Å². The van der Waals surface area contributed by atoms with Gasteiger partial charge in [-0.1, -0.05) is 20.3 Å². The standard InChI is InChI=1S/C25H28N4O4/c1-5-15(2)23(25(31)33-4)28-22(30)14-29-13-19(18-12-17(32-3)8-9-21(18)29)20-11-16-7-6-10-26-24(16)27-20/h6-13,15,23H,5,14H2,1-4H3,(H,26,27)(H,28,30)/t15-,23?/m0/s1. The van der Waals surface area contributed by atoms with Crippen molar-refractivity contribution in [3.8, 4) is 17.0 Å². The number of aromatic nitrogens is 3. The molecule has 0 aliphatic heterocycles. The Kier molecular flexibility index (Phi) is 6.35. The number of pyridine rings is 1. The summed E-state index contributed by atoms with van der Waals surface area (Å²) in [4.78, 5) is 32.9. The minimum Gasteiger partial charge on any atom is -0.497 e. The molecule has 4 rings (SSSR count). The minimum atomic E-state index is -0.686. The molecule has 2 atom stereocenters. The van der Waals surface area contributed by atoms with Crippen LogP contribution in [0.2, 0.25) is 0 Å². The number of benzene rings is 1. The summed E-state index contributed by atoms with van der Waals surface area (Å²) in [5.41, 5.74) is 3.50. The summed E-state index contributed by atoms with van der Waals surface area (Å²) in [6, 6.07) is 11.0. The molecule has 33 heavy (non-hydrogen) atoms. The fourth-order valence-corrected chi connectivity index (χ4v) is 4.02. The molecule has 1 unspecified atom stereocenters. The molecule has 0 bridgehead atoms. The van der Waals surface area contributed by atoms with Gasteiger partial charge >= 0.3 is 5.97 Å². The van der Waals surface area contributed by atoms with E-state index in [1.54, 1.807) is 13.3 Å². The van der Waals surface area contributed by atoms with Crippen molar-refractivity contribution in [3.05, 3.63) is 48.8 Å². The van der Waals surface area contributed by atoms with Crippen molar-refractivity contribution in [2.75, 3.05) is 14.2 Å². The monoisotopic (exact) mass is 448 g/mol. The van der Waals surface area contributed by atoms with Gasteiger partial charge in [0.05, 0.1) is 14.2 Å². The van der Waals surface area contributed by atoms with Gasteiger partial charge in [0.15, 0.2) is 0 Å². The maximum Gasteiger partial charge on any atom is 0.328 e. The highest BCUT2D eigenvalue weighted by molar-refractivity contribution is 5.99. The molecule has 0 aliphatic rings.